The predicted octanol–water partition coefficient (Wildman–Crippen LogP) is 3.61. The van der Waals surface area contributed by atoms with Gasteiger partial charge in [-0.1, -0.05) is 36.7 Å². The second kappa shape index (κ2) is 5.98. The normalized spacial score (nSPS) is 12.4. The summed E-state index contributed by atoms with van der Waals surface area (Å²) in [6.45, 7) is 2.14. The van der Waals surface area contributed by atoms with E-state index in [1.807, 2.05) is 37.5 Å². The van der Waals surface area contributed by atoms with Gasteiger partial charge in [0, 0.05) is 11.2 Å². The van der Waals surface area contributed by atoms with Crippen LogP contribution in [-0.4, -0.2) is 12.0 Å². The number of nitrogens with zero attached hydrogens (tertiary/aromatic N) is 1. The maximum absolute atomic E-state index is 6.06. The quantitative estimate of drug-likeness (QED) is 0.909. The first-order valence-electron chi connectivity index (χ1n) is 6.12. The Morgan fingerprint density at radius 1 is 1.28 bits per heavy atom. The maximum Gasteiger partial charge on any atom is 0.0752 e. The minimum absolute atomic E-state index is 0.0832. The van der Waals surface area contributed by atoms with Crippen LogP contribution in [0.4, 0.5) is 0 Å². The van der Waals surface area contributed by atoms with Gasteiger partial charge in [0.25, 0.3) is 0 Å². The van der Waals surface area contributed by atoms with Gasteiger partial charge in [0.1, 0.15) is 0 Å². The number of rotatable bonds is 4. The molecule has 0 aliphatic rings. The molecule has 1 unspecified atom stereocenters. The second-order valence-electron chi connectivity index (χ2n) is 4.18. The van der Waals surface area contributed by atoms with Crippen molar-refractivity contribution in [3.63, 3.8) is 0 Å². The minimum Gasteiger partial charge on any atom is -0.308 e. The molecule has 0 saturated heterocycles. The molecule has 2 nitrogen and oxygen atoms in total. The maximum atomic E-state index is 6.06. The Kier molecular flexibility index (Phi) is 4.34. The molecule has 1 aromatic heterocycles. The van der Waals surface area contributed by atoms with E-state index in [4.69, 9.17) is 11.6 Å². The number of hydrogen-bond acceptors (Lipinski definition) is 2. The lowest BCUT2D eigenvalue weighted by molar-refractivity contribution is 0.662. The van der Waals surface area contributed by atoms with Crippen LogP contribution in [0.1, 0.15) is 29.8 Å². The molecule has 0 amide bonds. The summed E-state index contributed by atoms with van der Waals surface area (Å²) in [5.74, 6) is 0. The lowest BCUT2D eigenvalue weighted by atomic mass is 9.98. The Morgan fingerprint density at radius 2 is 2.11 bits per heavy atom. The average Bonchev–Trinajstić information content (AvgIpc) is 2.40. The van der Waals surface area contributed by atoms with Gasteiger partial charge in [-0.05, 0) is 42.8 Å². The van der Waals surface area contributed by atoms with Crippen molar-refractivity contribution >= 4 is 11.6 Å². The summed E-state index contributed by atoms with van der Waals surface area (Å²) in [6, 6.07) is 12.1. The first-order chi connectivity index (χ1) is 8.76. The van der Waals surface area contributed by atoms with Crippen molar-refractivity contribution in [3.05, 3.63) is 64.4 Å². The first kappa shape index (κ1) is 13.1. The zero-order valence-corrected chi connectivity index (χ0v) is 11.4. The van der Waals surface area contributed by atoms with Crippen LogP contribution >= 0.6 is 11.6 Å². The summed E-state index contributed by atoms with van der Waals surface area (Å²) in [4.78, 5) is 4.52. The van der Waals surface area contributed by atoms with Crippen molar-refractivity contribution in [2.75, 3.05) is 7.05 Å². The fourth-order valence-corrected chi connectivity index (χ4v) is 2.36. The zero-order chi connectivity index (χ0) is 13.0. The molecule has 2 rings (SSSR count). The third-order valence-corrected chi connectivity index (χ3v) is 3.29. The van der Waals surface area contributed by atoms with E-state index in [-0.39, 0.29) is 6.04 Å². The highest BCUT2D eigenvalue weighted by Crippen LogP contribution is 2.25. The zero-order valence-electron chi connectivity index (χ0n) is 10.7. The predicted molar refractivity (Wildman–Crippen MR) is 76.0 cm³/mol. The van der Waals surface area contributed by atoms with Crippen LogP contribution in [0.15, 0.2) is 42.6 Å². The molecular formula is C15H17ClN2. The third-order valence-electron chi connectivity index (χ3n) is 3.05. The van der Waals surface area contributed by atoms with Crippen LogP contribution in [-0.2, 0) is 6.42 Å². The summed E-state index contributed by atoms with van der Waals surface area (Å²) in [6.07, 6.45) is 2.81. The molecule has 2 aromatic rings. The molecule has 1 atom stereocenters. The van der Waals surface area contributed by atoms with E-state index in [2.05, 4.69) is 29.4 Å². The van der Waals surface area contributed by atoms with E-state index in [1.54, 1.807) is 0 Å². The van der Waals surface area contributed by atoms with Gasteiger partial charge in [-0.15, -0.1) is 0 Å². The monoisotopic (exact) mass is 260 g/mol. The molecule has 0 aliphatic carbocycles. The fourth-order valence-electron chi connectivity index (χ4n) is 2.16. The smallest absolute Gasteiger partial charge is 0.0752 e. The summed E-state index contributed by atoms with van der Waals surface area (Å²) in [5, 5.41) is 4.07. The minimum atomic E-state index is 0.0832. The molecule has 1 N–H and O–H groups in total. The van der Waals surface area contributed by atoms with Crippen molar-refractivity contribution in [2.24, 2.45) is 0 Å². The van der Waals surface area contributed by atoms with Crippen molar-refractivity contribution < 1.29 is 0 Å². The fraction of sp³-hybridized carbons (Fsp3) is 0.267. The Bertz CT molecular complexity index is 525. The highest BCUT2D eigenvalue weighted by Gasteiger charge is 2.16. The third kappa shape index (κ3) is 2.71. The summed E-state index contributed by atoms with van der Waals surface area (Å²) >= 11 is 6.06. The van der Waals surface area contributed by atoms with Gasteiger partial charge in [0.05, 0.1) is 11.7 Å². The summed E-state index contributed by atoms with van der Waals surface area (Å²) in [7, 11) is 1.94. The van der Waals surface area contributed by atoms with E-state index >= 15 is 0 Å². The van der Waals surface area contributed by atoms with E-state index in [0.717, 1.165) is 22.7 Å². The van der Waals surface area contributed by atoms with Crippen LogP contribution < -0.4 is 5.32 Å². The highest BCUT2D eigenvalue weighted by molar-refractivity contribution is 6.30. The molecule has 0 radical (unpaired) electrons. The summed E-state index contributed by atoms with van der Waals surface area (Å²) in [5.41, 5.74) is 3.47. The van der Waals surface area contributed by atoms with Gasteiger partial charge >= 0.3 is 0 Å². The number of aryl methyl sites for hydroxylation is 1. The van der Waals surface area contributed by atoms with Gasteiger partial charge in [-0.3, -0.25) is 4.98 Å². The second-order valence-corrected chi connectivity index (χ2v) is 4.61. The van der Waals surface area contributed by atoms with E-state index < -0.39 is 0 Å². The molecule has 0 aliphatic heterocycles. The molecular weight excluding hydrogens is 244 g/mol. The number of pyridine rings is 1. The molecule has 0 saturated carbocycles. The molecule has 94 valence electrons. The molecule has 0 spiro atoms. The van der Waals surface area contributed by atoms with Crippen LogP contribution in [0.25, 0.3) is 0 Å². The molecule has 3 heteroatoms. The largest absolute Gasteiger partial charge is 0.308 e. The SMILES string of the molecule is CCc1cccnc1C(NC)c1cccc(Cl)c1. The lowest BCUT2D eigenvalue weighted by Gasteiger charge is -2.19. The molecule has 18 heavy (non-hydrogen) atoms. The van der Waals surface area contributed by atoms with Gasteiger partial charge < -0.3 is 5.32 Å². The number of halogens is 1. The summed E-state index contributed by atoms with van der Waals surface area (Å²) < 4.78 is 0. The van der Waals surface area contributed by atoms with Crippen molar-refractivity contribution in [1.82, 2.24) is 10.3 Å². The topological polar surface area (TPSA) is 24.9 Å². The first-order valence-corrected chi connectivity index (χ1v) is 6.50. The Hall–Kier alpha value is -1.38. The number of hydrogen-bond donors (Lipinski definition) is 1. The number of nitrogens with one attached hydrogen (secondary N) is 1. The highest BCUT2D eigenvalue weighted by atomic mass is 35.5. The van der Waals surface area contributed by atoms with Gasteiger partial charge in [0.15, 0.2) is 0 Å². The van der Waals surface area contributed by atoms with E-state index in [0.29, 0.717) is 0 Å². The lowest BCUT2D eigenvalue weighted by Crippen LogP contribution is -2.20. The van der Waals surface area contributed by atoms with Crippen LogP contribution in [0, 0.1) is 0 Å². The molecule has 1 aromatic carbocycles. The van der Waals surface area contributed by atoms with Crippen LogP contribution in [0.3, 0.4) is 0 Å². The molecule has 1 heterocycles. The number of aromatic nitrogens is 1. The van der Waals surface area contributed by atoms with Gasteiger partial charge in [0.2, 0.25) is 0 Å². The number of benzene rings is 1. The van der Waals surface area contributed by atoms with Crippen molar-refractivity contribution in [3.8, 4) is 0 Å². The van der Waals surface area contributed by atoms with Crippen molar-refractivity contribution in [2.45, 2.75) is 19.4 Å². The standard InChI is InChI=1S/C15H17ClN2/c1-3-11-7-5-9-18-15(11)14(17-2)12-6-4-8-13(16)10-12/h4-10,14,17H,3H2,1-2H3. The Labute approximate surface area is 113 Å². The van der Waals surface area contributed by atoms with Crippen LogP contribution in [0.5, 0.6) is 0 Å². The Balaban J connectivity index is 2.45. The van der Waals surface area contributed by atoms with Crippen LogP contribution in [0.2, 0.25) is 5.02 Å². The molecule has 0 fully saturated rings. The Morgan fingerprint density at radius 3 is 2.78 bits per heavy atom. The molecule has 0 bridgehead atoms. The van der Waals surface area contributed by atoms with Gasteiger partial charge in [-0.25, -0.2) is 0 Å². The van der Waals surface area contributed by atoms with E-state index in [9.17, 15) is 0 Å². The van der Waals surface area contributed by atoms with Crippen molar-refractivity contribution in [1.29, 1.82) is 0 Å². The van der Waals surface area contributed by atoms with E-state index in [1.165, 1.54) is 5.56 Å². The van der Waals surface area contributed by atoms with Gasteiger partial charge in [-0.2, -0.15) is 0 Å². The average molecular weight is 261 g/mol.